The lowest BCUT2D eigenvalue weighted by Gasteiger charge is -2.25. The number of nitrogens with one attached hydrogen (secondary N) is 2. The molecular weight excluding hydrogens is 448 g/mol. The second-order valence-corrected chi connectivity index (χ2v) is 9.78. The van der Waals surface area contributed by atoms with E-state index in [0.717, 1.165) is 25.1 Å². The molecule has 4 bridgehead atoms. The lowest BCUT2D eigenvalue weighted by molar-refractivity contribution is -0.130. The van der Waals surface area contributed by atoms with Gasteiger partial charge in [0.25, 0.3) is 0 Å². The first kappa shape index (κ1) is 25.0. The number of hydrogen-bond donors (Lipinski definition) is 2. The molecule has 0 saturated heterocycles. The van der Waals surface area contributed by atoms with E-state index in [9.17, 15) is 9.59 Å². The second kappa shape index (κ2) is 11.1. The summed E-state index contributed by atoms with van der Waals surface area (Å²) in [5, 5.41) is 5.86. The highest BCUT2D eigenvalue weighted by Crippen LogP contribution is 2.33. The minimum Gasteiger partial charge on any atom is -0.493 e. The maximum Gasteiger partial charge on any atom is 0.243 e. The minimum absolute atomic E-state index is 0.0542. The molecule has 1 aliphatic carbocycles. The van der Waals surface area contributed by atoms with Gasteiger partial charge >= 0.3 is 0 Å². The van der Waals surface area contributed by atoms with Gasteiger partial charge in [0.05, 0.1) is 26.8 Å². The molecule has 0 radical (unpaired) electrons. The Labute approximate surface area is 206 Å². The lowest BCUT2D eigenvalue weighted by atomic mass is 10.0. The van der Waals surface area contributed by atoms with E-state index in [4.69, 9.17) is 13.9 Å². The molecule has 1 atom stereocenters. The average Bonchev–Trinajstić information content (AvgIpc) is 3.57. The van der Waals surface area contributed by atoms with E-state index in [1.54, 1.807) is 7.11 Å². The van der Waals surface area contributed by atoms with Crippen LogP contribution < -0.4 is 20.1 Å². The normalized spacial score (nSPS) is 20.4. The number of ether oxygens (including phenoxy) is 2. The standard InChI is InChI=1S/C26H36N4O5/c1-16(2)24-25(32)27-13-20-17(3)35-26(28-20)19-8-9-21(33-4)22(12-19)34-11-5-10-30(14-18-6-7-18)15-23(31)29-24/h8-9,12,16,18,24H,5-7,10-11,13-15H2,1-4H3,(H,27,32)(H,29,31)/t24-/m0/s1. The molecule has 4 rings (SSSR count). The van der Waals surface area contributed by atoms with E-state index < -0.39 is 6.04 Å². The van der Waals surface area contributed by atoms with Crippen LogP contribution in [0.25, 0.3) is 11.5 Å². The number of amides is 2. The fourth-order valence-corrected chi connectivity index (χ4v) is 4.25. The molecule has 0 spiro atoms. The molecule has 9 heteroatoms. The summed E-state index contributed by atoms with van der Waals surface area (Å²) in [5.74, 6) is 2.54. The highest BCUT2D eigenvalue weighted by Gasteiger charge is 2.28. The van der Waals surface area contributed by atoms with Crippen molar-refractivity contribution in [1.82, 2.24) is 20.5 Å². The highest BCUT2D eigenvalue weighted by atomic mass is 16.5. The number of carbonyl (C=O) groups is 2. The van der Waals surface area contributed by atoms with Crippen LogP contribution in [0.2, 0.25) is 0 Å². The van der Waals surface area contributed by atoms with Gasteiger partial charge in [0.15, 0.2) is 11.5 Å². The van der Waals surface area contributed by atoms with Crippen molar-refractivity contribution in [2.45, 2.75) is 52.6 Å². The van der Waals surface area contributed by atoms with E-state index in [0.29, 0.717) is 41.4 Å². The number of nitrogens with zero attached hydrogens (tertiary/aromatic N) is 2. The lowest BCUT2D eigenvalue weighted by Crippen LogP contribution is -2.52. The Bertz CT molecular complexity index is 1050. The number of methoxy groups -OCH3 is 1. The third-order valence-corrected chi connectivity index (χ3v) is 6.46. The molecule has 190 valence electrons. The smallest absolute Gasteiger partial charge is 0.243 e. The quantitative estimate of drug-likeness (QED) is 0.687. The third-order valence-electron chi connectivity index (χ3n) is 6.46. The predicted molar refractivity (Wildman–Crippen MR) is 131 cm³/mol. The maximum atomic E-state index is 13.0. The summed E-state index contributed by atoms with van der Waals surface area (Å²) in [6, 6.07) is 4.95. The number of aromatic nitrogens is 1. The zero-order valence-electron chi connectivity index (χ0n) is 21.1. The van der Waals surface area contributed by atoms with Gasteiger partial charge in [0.2, 0.25) is 17.7 Å². The summed E-state index contributed by atoms with van der Waals surface area (Å²) in [7, 11) is 1.61. The van der Waals surface area contributed by atoms with Gasteiger partial charge in [-0.2, -0.15) is 0 Å². The van der Waals surface area contributed by atoms with Crippen LogP contribution in [0.15, 0.2) is 22.6 Å². The summed E-state index contributed by atoms with van der Waals surface area (Å²) in [4.78, 5) is 32.6. The predicted octanol–water partition coefficient (Wildman–Crippen LogP) is 2.91. The number of oxazole rings is 1. The van der Waals surface area contributed by atoms with Gasteiger partial charge in [-0.05, 0) is 56.2 Å². The van der Waals surface area contributed by atoms with Crippen molar-refractivity contribution in [3.8, 4) is 23.0 Å². The van der Waals surface area contributed by atoms with E-state index in [1.165, 1.54) is 12.8 Å². The molecule has 2 aliphatic rings. The number of fused-ring (bicyclic) bond motifs is 5. The van der Waals surface area contributed by atoms with Gasteiger partial charge < -0.3 is 24.5 Å². The van der Waals surface area contributed by atoms with Crippen LogP contribution >= 0.6 is 0 Å². The van der Waals surface area contributed by atoms with Gasteiger partial charge in [-0.15, -0.1) is 0 Å². The molecule has 9 nitrogen and oxygen atoms in total. The number of rotatable bonds is 4. The molecule has 35 heavy (non-hydrogen) atoms. The first-order valence-corrected chi connectivity index (χ1v) is 12.4. The van der Waals surface area contributed by atoms with Gasteiger partial charge in [-0.25, -0.2) is 4.98 Å². The summed E-state index contributed by atoms with van der Waals surface area (Å²) >= 11 is 0. The van der Waals surface area contributed by atoms with E-state index in [1.807, 2.05) is 39.0 Å². The molecule has 2 heterocycles. The molecule has 1 fully saturated rings. The van der Waals surface area contributed by atoms with Crippen LogP contribution in [0.4, 0.5) is 0 Å². The fraction of sp³-hybridized carbons (Fsp3) is 0.577. The van der Waals surface area contributed by atoms with Gasteiger partial charge in [-0.1, -0.05) is 13.8 Å². The highest BCUT2D eigenvalue weighted by molar-refractivity contribution is 5.88. The summed E-state index contributed by atoms with van der Waals surface area (Å²) in [6.07, 6.45) is 3.16. The molecule has 2 amide bonds. The monoisotopic (exact) mass is 484 g/mol. The largest absolute Gasteiger partial charge is 0.493 e. The molecule has 1 aliphatic heterocycles. The van der Waals surface area contributed by atoms with E-state index in [2.05, 4.69) is 20.5 Å². The third kappa shape index (κ3) is 6.54. The Morgan fingerprint density at radius 3 is 2.77 bits per heavy atom. The Balaban J connectivity index is 1.60. The molecule has 1 aromatic carbocycles. The number of carbonyl (C=O) groups excluding carboxylic acids is 2. The SMILES string of the molecule is COc1ccc2cc1OCCCN(CC1CC1)CC(=O)N[C@@H](C(C)C)C(=O)NCc1nc-2oc1C. The molecular formula is C26H36N4O5. The fourth-order valence-electron chi connectivity index (χ4n) is 4.25. The maximum absolute atomic E-state index is 13.0. The summed E-state index contributed by atoms with van der Waals surface area (Å²) in [5.41, 5.74) is 1.41. The van der Waals surface area contributed by atoms with Gasteiger partial charge in [0.1, 0.15) is 17.5 Å². The van der Waals surface area contributed by atoms with Gasteiger partial charge in [0, 0.05) is 18.7 Å². The Hall–Kier alpha value is -3.07. The number of benzene rings is 1. The number of hydrogen-bond acceptors (Lipinski definition) is 7. The Morgan fingerprint density at radius 2 is 2.06 bits per heavy atom. The molecule has 2 N–H and O–H groups in total. The molecule has 0 unspecified atom stereocenters. The van der Waals surface area contributed by atoms with Crippen molar-refractivity contribution >= 4 is 11.8 Å². The van der Waals surface area contributed by atoms with Crippen molar-refractivity contribution in [3.05, 3.63) is 29.7 Å². The first-order chi connectivity index (χ1) is 16.8. The Kier molecular flexibility index (Phi) is 7.95. The van der Waals surface area contributed by atoms with Gasteiger partial charge in [-0.3, -0.25) is 14.5 Å². The van der Waals surface area contributed by atoms with Crippen LogP contribution in [-0.4, -0.2) is 61.1 Å². The molecule has 2 aromatic rings. The van der Waals surface area contributed by atoms with Crippen molar-refractivity contribution in [1.29, 1.82) is 0 Å². The van der Waals surface area contributed by atoms with E-state index >= 15 is 0 Å². The topological polar surface area (TPSA) is 106 Å². The number of aryl methyl sites for hydroxylation is 1. The van der Waals surface area contributed by atoms with Crippen molar-refractivity contribution in [3.63, 3.8) is 0 Å². The second-order valence-electron chi connectivity index (χ2n) is 9.78. The summed E-state index contributed by atoms with van der Waals surface area (Å²) < 4.78 is 17.4. The Morgan fingerprint density at radius 1 is 1.26 bits per heavy atom. The van der Waals surface area contributed by atoms with Crippen molar-refractivity contribution in [2.75, 3.05) is 33.4 Å². The minimum atomic E-state index is -0.622. The summed E-state index contributed by atoms with van der Waals surface area (Å²) in [6.45, 7) is 8.24. The first-order valence-electron chi connectivity index (χ1n) is 12.4. The molecule has 1 saturated carbocycles. The van der Waals surface area contributed by atoms with Crippen LogP contribution in [0.5, 0.6) is 11.5 Å². The van der Waals surface area contributed by atoms with Crippen LogP contribution in [0.1, 0.15) is 44.6 Å². The van der Waals surface area contributed by atoms with Crippen molar-refractivity contribution < 1.29 is 23.5 Å². The van der Waals surface area contributed by atoms with Crippen LogP contribution in [0.3, 0.4) is 0 Å². The van der Waals surface area contributed by atoms with E-state index in [-0.39, 0.29) is 30.8 Å². The zero-order valence-corrected chi connectivity index (χ0v) is 21.1. The van der Waals surface area contributed by atoms with Crippen molar-refractivity contribution in [2.24, 2.45) is 11.8 Å². The van der Waals surface area contributed by atoms with Crippen LogP contribution in [-0.2, 0) is 16.1 Å². The zero-order chi connectivity index (χ0) is 24.9. The average molecular weight is 485 g/mol. The van der Waals surface area contributed by atoms with Crippen LogP contribution in [0, 0.1) is 18.8 Å². The molecule has 1 aromatic heterocycles.